The number of fused-ring (bicyclic) bond motifs is 2. The van der Waals surface area contributed by atoms with E-state index < -0.39 is 0 Å². The van der Waals surface area contributed by atoms with Gasteiger partial charge in [0.15, 0.2) is 0 Å². The van der Waals surface area contributed by atoms with E-state index in [2.05, 4.69) is 30.1 Å². The minimum absolute atomic E-state index is 0.351. The van der Waals surface area contributed by atoms with Crippen molar-refractivity contribution in [1.29, 1.82) is 0 Å². The normalized spacial score (nSPS) is 18.4. The molecule has 1 atom stereocenters. The maximum atomic E-state index is 12.5. The van der Waals surface area contributed by atoms with Crippen molar-refractivity contribution in [3.05, 3.63) is 47.0 Å². The Morgan fingerprint density at radius 1 is 1.24 bits per heavy atom. The highest BCUT2D eigenvalue weighted by atomic mass is 19.1. The molecular weight excluding hydrogens is 317 g/mol. The number of hydrogen-bond acceptors (Lipinski definition) is 3. The van der Waals surface area contributed by atoms with Gasteiger partial charge in [-0.2, -0.15) is 0 Å². The zero-order valence-corrected chi connectivity index (χ0v) is 14.8. The van der Waals surface area contributed by atoms with Gasteiger partial charge in [0.05, 0.1) is 20.4 Å². The number of hydrogen-bond donors (Lipinski definition) is 0. The molecule has 2 aromatic carbocycles. The van der Waals surface area contributed by atoms with Gasteiger partial charge in [0, 0.05) is 24.6 Å². The van der Waals surface area contributed by atoms with Gasteiger partial charge >= 0.3 is 0 Å². The zero-order chi connectivity index (χ0) is 17.4. The molecule has 25 heavy (non-hydrogen) atoms. The molecule has 4 rings (SSSR count). The van der Waals surface area contributed by atoms with Gasteiger partial charge in [-0.05, 0) is 60.3 Å². The summed E-state index contributed by atoms with van der Waals surface area (Å²) >= 11 is 0. The SMILES string of the molecule is COc1cc2c3c(c1)-c1c(cccc1OCCCF)C[C@H]3N(C)CC2. The van der Waals surface area contributed by atoms with Crippen LogP contribution in [-0.4, -0.2) is 38.9 Å². The fourth-order valence-corrected chi connectivity index (χ4v) is 4.16. The Hall–Kier alpha value is -2.07. The summed E-state index contributed by atoms with van der Waals surface area (Å²) in [6.45, 7) is 1.12. The van der Waals surface area contributed by atoms with Crippen molar-refractivity contribution in [3.8, 4) is 22.6 Å². The minimum Gasteiger partial charge on any atom is -0.497 e. The Balaban J connectivity index is 1.87. The molecule has 4 heteroatoms. The molecule has 0 amide bonds. The molecule has 3 nitrogen and oxygen atoms in total. The molecule has 0 spiro atoms. The van der Waals surface area contributed by atoms with Crippen molar-refractivity contribution in [1.82, 2.24) is 4.90 Å². The summed E-state index contributed by atoms with van der Waals surface area (Å²) in [6.07, 6.45) is 2.44. The Labute approximate surface area is 148 Å². The van der Waals surface area contributed by atoms with Crippen LogP contribution in [0.15, 0.2) is 30.3 Å². The number of halogens is 1. The van der Waals surface area contributed by atoms with E-state index >= 15 is 0 Å². The first-order valence-electron chi connectivity index (χ1n) is 8.95. The van der Waals surface area contributed by atoms with E-state index in [4.69, 9.17) is 9.47 Å². The van der Waals surface area contributed by atoms with E-state index in [1.54, 1.807) is 7.11 Å². The van der Waals surface area contributed by atoms with Crippen molar-refractivity contribution in [2.45, 2.75) is 25.3 Å². The number of ether oxygens (including phenoxy) is 2. The number of methoxy groups -OCH3 is 1. The van der Waals surface area contributed by atoms with E-state index in [0.29, 0.717) is 19.1 Å². The maximum Gasteiger partial charge on any atom is 0.127 e. The van der Waals surface area contributed by atoms with E-state index in [0.717, 1.165) is 36.4 Å². The Kier molecular flexibility index (Phi) is 4.38. The van der Waals surface area contributed by atoms with E-state index in [1.807, 2.05) is 12.1 Å². The zero-order valence-electron chi connectivity index (χ0n) is 14.8. The molecule has 1 aliphatic heterocycles. The molecule has 0 fully saturated rings. The van der Waals surface area contributed by atoms with Crippen LogP contribution in [0.4, 0.5) is 4.39 Å². The third-order valence-electron chi connectivity index (χ3n) is 5.40. The molecule has 0 unspecified atom stereocenters. The highest BCUT2D eigenvalue weighted by Gasteiger charge is 2.34. The van der Waals surface area contributed by atoms with Crippen LogP contribution in [0.2, 0.25) is 0 Å². The summed E-state index contributed by atoms with van der Waals surface area (Å²) in [5.41, 5.74) is 6.44. The number of nitrogens with zero attached hydrogens (tertiary/aromatic N) is 1. The monoisotopic (exact) mass is 341 g/mol. The minimum atomic E-state index is -0.351. The summed E-state index contributed by atoms with van der Waals surface area (Å²) in [7, 11) is 3.92. The highest BCUT2D eigenvalue weighted by Crippen LogP contribution is 2.49. The molecule has 0 aromatic heterocycles. The van der Waals surface area contributed by atoms with Crippen molar-refractivity contribution >= 4 is 0 Å². The third kappa shape index (κ3) is 2.78. The van der Waals surface area contributed by atoms with Crippen LogP contribution in [0.1, 0.15) is 29.2 Å². The Bertz CT molecular complexity index is 790. The van der Waals surface area contributed by atoms with Gasteiger partial charge in [0.25, 0.3) is 0 Å². The first kappa shape index (κ1) is 16.4. The Morgan fingerprint density at radius 3 is 2.92 bits per heavy atom. The lowest BCUT2D eigenvalue weighted by molar-refractivity contribution is 0.227. The lowest BCUT2D eigenvalue weighted by Gasteiger charge is -2.40. The smallest absolute Gasteiger partial charge is 0.127 e. The number of likely N-dealkylation sites (N-methyl/N-ethyl adjacent to an activating group) is 1. The summed E-state index contributed by atoms with van der Waals surface area (Å²) in [5.74, 6) is 1.75. The quantitative estimate of drug-likeness (QED) is 0.761. The van der Waals surface area contributed by atoms with Gasteiger partial charge < -0.3 is 9.47 Å². The second-order valence-corrected chi connectivity index (χ2v) is 6.88. The van der Waals surface area contributed by atoms with Crippen LogP contribution in [0.25, 0.3) is 11.1 Å². The van der Waals surface area contributed by atoms with Gasteiger partial charge in [0.1, 0.15) is 11.5 Å². The molecule has 0 bridgehead atoms. The van der Waals surface area contributed by atoms with E-state index in [1.165, 1.54) is 22.3 Å². The van der Waals surface area contributed by atoms with Crippen LogP contribution in [-0.2, 0) is 12.8 Å². The summed E-state index contributed by atoms with van der Waals surface area (Å²) in [6, 6.07) is 10.9. The predicted molar refractivity (Wildman–Crippen MR) is 97.3 cm³/mol. The first-order valence-corrected chi connectivity index (χ1v) is 8.95. The highest BCUT2D eigenvalue weighted by molar-refractivity contribution is 5.81. The van der Waals surface area contributed by atoms with Gasteiger partial charge in [-0.3, -0.25) is 9.29 Å². The molecular formula is C21H24FNO2. The molecule has 1 heterocycles. The number of alkyl halides is 1. The molecule has 2 aliphatic rings. The largest absolute Gasteiger partial charge is 0.497 e. The van der Waals surface area contributed by atoms with Crippen molar-refractivity contribution < 1.29 is 13.9 Å². The van der Waals surface area contributed by atoms with Gasteiger partial charge in [-0.15, -0.1) is 0 Å². The van der Waals surface area contributed by atoms with Gasteiger partial charge in [0.2, 0.25) is 0 Å². The maximum absolute atomic E-state index is 12.5. The molecule has 0 saturated carbocycles. The molecule has 0 saturated heterocycles. The van der Waals surface area contributed by atoms with Crippen LogP contribution >= 0.6 is 0 Å². The summed E-state index contributed by atoms with van der Waals surface area (Å²) < 4.78 is 24.0. The van der Waals surface area contributed by atoms with E-state index in [9.17, 15) is 4.39 Å². The number of rotatable bonds is 5. The summed E-state index contributed by atoms with van der Waals surface area (Å²) in [4.78, 5) is 2.44. The average Bonchev–Trinajstić information content (AvgIpc) is 2.64. The Morgan fingerprint density at radius 2 is 2.12 bits per heavy atom. The third-order valence-corrected chi connectivity index (χ3v) is 5.40. The van der Waals surface area contributed by atoms with Crippen LogP contribution in [0, 0.1) is 0 Å². The van der Waals surface area contributed by atoms with E-state index in [-0.39, 0.29) is 6.67 Å². The predicted octanol–water partition coefficient (Wildman–Crippen LogP) is 4.19. The molecule has 0 N–H and O–H groups in total. The fraction of sp³-hybridized carbons (Fsp3) is 0.429. The topological polar surface area (TPSA) is 21.7 Å². The summed E-state index contributed by atoms with van der Waals surface area (Å²) in [5, 5.41) is 0. The van der Waals surface area contributed by atoms with Crippen molar-refractivity contribution in [2.75, 3.05) is 34.0 Å². The van der Waals surface area contributed by atoms with Crippen LogP contribution < -0.4 is 9.47 Å². The van der Waals surface area contributed by atoms with Crippen LogP contribution in [0.5, 0.6) is 11.5 Å². The first-order chi connectivity index (χ1) is 12.2. The van der Waals surface area contributed by atoms with Crippen LogP contribution in [0.3, 0.4) is 0 Å². The molecule has 132 valence electrons. The second-order valence-electron chi connectivity index (χ2n) is 6.88. The molecule has 2 aromatic rings. The van der Waals surface area contributed by atoms with Crippen molar-refractivity contribution in [3.63, 3.8) is 0 Å². The van der Waals surface area contributed by atoms with Gasteiger partial charge in [-0.25, -0.2) is 0 Å². The average molecular weight is 341 g/mol. The second kappa shape index (κ2) is 6.68. The molecule has 0 radical (unpaired) electrons. The number of benzene rings is 2. The standard InChI is InChI=1S/C21H24FNO2/c1-23-9-7-15-11-16(24-2)13-17-20(15)18(23)12-14-5-3-6-19(21(14)17)25-10-4-8-22/h3,5-6,11,13,18H,4,7-10,12H2,1-2H3/t18-/m1/s1. The molecule has 1 aliphatic carbocycles. The van der Waals surface area contributed by atoms with Gasteiger partial charge in [-0.1, -0.05) is 12.1 Å². The lowest BCUT2D eigenvalue weighted by Crippen LogP contribution is -2.35. The van der Waals surface area contributed by atoms with Crippen molar-refractivity contribution in [2.24, 2.45) is 0 Å². The fourth-order valence-electron chi connectivity index (χ4n) is 4.16. The lowest BCUT2D eigenvalue weighted by atomic mass is 9.77.